The normalized spacial score (nSPS) is 10.5. The van der Waals surface area contributed by atoms with Crippen LogP contribution in [-0.2, 0) is 6.54 Å². The molecule has 0 bridgehead atoms. The second kappa shape index (κ2) is 6.50. The third-order valence-corrected chi connectivity index (χ3v) is 3.38. The second-order valence-electron chi connectivity index (χ2n) is 4.84. The highest BCUT2D eigenvalue weighted by molar-refractivity contribution is 6.30. The lowest BCUT2D eigenvalue weighted by Crippen LogP contribution is -2.08. The number of hydrogen-bond donors (Lipinski definition) is 3. The fourth-order valence-corrected chi connectivity index (χ4v) is 2.23. The number of phenolic OH excluding ortho intramolecular Hbond substituents is 1. The minimum Gasteiger partial charge on any atom is -0.507 e. The first-order chi connectivity index (χ1) is 11.1. The summed E-state index contributed by atoms with van der Waals surface area (Å²) in [6.07, 6.45) is 0. The van der Waals surface area contributed by atoms with Crippen LogP contribution in [0.4, 0.5) is 11.9 Å². The molecule has 2 aromatic carbocycles. The molecule has 0 radical (unpaired) electrons. The maximum absolute atomic E-state index is 9.96. The minimum atomic E-state index is 0.0222. The van der Waals surface area contributed by atoms with Gasteiger partial charge in [0.05, 0.1) is 5.56 Å². The van der Waals surface area contributed by atoms with E-state index in [2.05, 4.69) is 20.3 Å². The molecule has 0 fully saturated rings. The van der Waals surface area contributed by atoms with Crippen molar-refractivity contribution in [3.63, 3.8) is 0 Å². The molecular weight excluding hydrogens is 314 g/mol. The average molecular weight is 328 g/mol. The van der Waals surface area contributed by atoms with E-state index in [1.807, 2.05) is 30.3 Å². The van der Waals surface area contributed by atoms with Gasteiger partial charge in [-0.2, -0.15) is 15.0 Å². The molecule has 23 heavy (non-hydrogen) atoms. The Bertz CT molecular complexity index is 826. The molecule has 6 nitrogen and oxygen atoms in total. The Kier molecular flexibility index (Phi) is 4.25. The SMILES string of the molecule is Nc1nc(NCc2ccccc2)nc(-c2cc(Cl)ccc2O)n1. The zero-order valence-corrected chi connectivity index (χ0v) is 12.8. The molecular formula is C16H14ClN5O. The highest BCUT2D eigenvalue weighted by atomic mass is 35.5. The summed E-state index contributed by atoms with van der Waals surface area (Å²) in [5.41, 5.74) is 7.22. The lowest BCUT2D eigenvalue weighted by molar-refractivity contribution is 0.477. The largest absolute Gasteiger partial charge is 0.507 e. The third-order valence-electron chi connectivity index (χ3n) is 3.15. The van der Waals surface area contributed by atoms with Crippen LogP contribution < -0.4 is 11.1 Å². The van der Waals surface area contributed by atoms with E-state index in [4.69, 9.17) is 17.3 Å². The molecule has 0 atom stereocenters. The fraction of sp³-hybridized carbons (Fsp3) is 0.0625. The molecule has 0 aliphatic rings. The van der Waals surface area contributed by atoms with E-state index in [9.17, 15) is 5.11 Å². The van der Waals surface area contributed by atoms with Crippen LogP contribution in [0.5, 0.6) is 5.75 Å². The molecule has 0 aliphatic carbocycles. The van der Waals surface area contributed by atoms with Gasteiger partial charge in [0.2, 0.25) is 11.9 Å². The van der Waals surface area contributed by atoms with Crippen LogP contribution in [0, 0.1) is 0 Å². The predicted molar refractivity (Wildman–Crippen MR) is 90.1 cm³/mol. The number of nitrogens with two attached hydrogens (primary N) is 1. The maximum atomic E-state index is 9.96. The zero-order valence-electron chi connectivity index (χ0n) is 12.1. The molecule has 7 heteroatoms. The van der Waals surface area contributed by atoms with Crippen LogP contribution in [0.2, 0.25) is 5.02 Å². The Hall–Kier alpha value is -2.86. The van der Waals surface area contributed by atoms with Gasteiger partial charge in [0.25, 0.3) is 0 Å². The molecule has 0 amide bonds. The van der Waals surface area contributed by atoms with Crippen LogP contribution in [0.3, 0.4) is 0 Å². The first-order valence-electron chi connectivity index (χ1n) is 6.90. The van der Waals surface area contributed by atoms with Gasteiger partial charge in [-0.25, -0.2) is 0 Å². The molecule has 0 aliphatic heterocycles. The van der Waals surface area contributed by atoms with Crippen molar-refractivity contribution in [2.24, 2.45) is 0 Å². The number of phenols is 1. The van der Waals surface area contributed by atoms with Crippen molar-refractivity contribution in [1.82, 2.24) is 15.0 Å². The molecule has 0 saturated heterocycles. The molecule has 3 aromatic rings. The van der Waals surface area contributed by atoms with Crippen LogP contribution in [0.1, 0.15) is 5.56 Å². The maximum Gasteiger partial charge on any atom is 0.228 e. The van der Waals surface area contributed by atoms with Gasteiger partial charge in [0.15, 0.2) is 5.82 Å². The summed E-state index contributed by atoms with van der Waals surface area (Å²) in [4.78, 5) is 12.4. The van der Waals surface area contributed by atoms with Gasteiger partial charge >= 0.3 is 0 Å². The quantitative estimate of drug-likeness (QED) is 0.681. The van der Waals surface area contributed by atoms with E-state index >= 15 is 0 Å². The van der Waals surface area contributed by atoms with Crippen LogP contribution in [0.15, 0.2) is 48.5 Å². The summed E-state index contributed by atoms with van der Waals surface area (Å²) in [5, 5.41) is 13.5. The number of anilines is 2. The average Bonchev–Trinajstić information content (AvgIpc) is 2.56. The number of nitrogen functional groups attached to an aromatic ring is 1. The molecule has 3 rings (SSSR count). The molecule has 0 unspecified atom stereocenters. The number of nitrogens with one attached hydrogen (secondary N) is 1. The summed E-state index contributed by atoms with van der Waals surface area (Å²) in [6.45, 7) is 0.547. The van der Waals surface area contributed by atoms with Gasteiger partial charge in [-0.15, -0.1) is 0 Å². The van der Waals surface area contributed by atoms with Crippen LogP contribution in [-0.4, -0.2) is 20.1 Å². The Morgan fingerprint density at radius 3 is 2.61 bits per heavy atom. The molecule has 0 saturated carbocycles. The summed E-state index contributed by atoms with van der Waals surface area (Å²) in [5.74, 6) is 0.669. The van der Waals surface area contributed by atoms with Gasteiger partial charge in [-0.1, -0.05) is 41.9 Å². The Labute approximate surface area is 138 Å². The summed E-state index contributed by atoms with van der Waals surface area (Å²) in [7, 11) is 0. The van der Waals surface area contributed by atoms with Crippen molar-refractivity contribution in [3.8, 4) is 17.1 Å². The van der Waals surface area contributed by atoms with Gasteiger partial charge in [-0.05, 0) is 23.8 Å². The number of aromatic hydroxyl groups is 1. The molecule has 0 spiro atoms. The minimum absolute atomic E-state index is 0.0222. The van der Waals surface area contributed by atoms with E-state index in [-0.39, 0.29) is 17.5 Å². The highest BCUT2D eigenvalue weighted by Crippen LogP contribution is 2.30. The smallest absolute Gasteiger partial charge is 0.228 e. The van der Waals surface area contributed by atoms with Crippen molar-refractivity contribution < 1.29 is 5.11 Å². The Morgan fingerprint density at radius 1 is 1.04 bits per heavy atom. The third kappa shape index (κ3) is 3.67. The van der Waals surface area contributed by atoms with Crippen molar-refractivity contribution in [1.29, 1.82) is 0 Å². The van der Waals surface area contributed by atoms with Gasteiger partial charge < -0.3 is 16.2 Å². The van der Waals surface area contributed by atoms with E-state index in [1.165, 1.54) is 6.07 Å². The number of hydrogen-bond acceptors (Lipinski definition) is 6. The number of benzene rings is 2. The van der Waals surface area contributed by atoms with Crippen molar-refractivity contribution >= 4 is 23.5 Å². The Morgan fingerprint density at radius 2 is 1.83 bits per heavy atom. The van der Waals surface area contributed by atoms with E-state index in [1.54, 1.807) is 12.1 Å². The summed E-state index contributed by atoms with van der Waals surface area (Å²) in [6, 6.07) is 14.5. The van der Waals surface area contributed by atoms with Crippen LogP contribution in [0.25, 0.3) is 11.4 Å². The van der Waals surface area contributed by atoms with E-state index in [0.29, 0.717) is 23.1 Å². The lowest BCUT2D eigenvalue weighted by atomic mass is 10.2. The van der Waals surface area contributed by atoms with Crippen molar-refractivity contribution in [3.05, 3.63) is 59.1 Å². The topological polar surface area (TPSA) is 97.0 Å². The summed E-state index contributed by atoms with van der Waals surface area (Å²) >= 11 is 5.96. The van der Waals surface area contributed by atoms with E-state index in [0.717, 1.165) is 5.56 Å². The van der Waals surface area contributed by atoms with Crippen molar-refractivity contribution in [2.45, 2.75) is 6.54 Å². The van der Waals surface area contributed by atoms with Crippen molar-refractivity contribution in [2.75, 3.05) is 11.1 Å². The monoisotopic (exact) mass is 327 g/mol. The summed E-state index contributed by atoms with van der Waals surface area (Å²) < 4.78 is 0. The molecule has 1 heterocycles. The first-order valence-corrected chi connectivity index (χ1v) is 7.28. The van der Waals surface area contributed by atoms with Crippen LogP contribution >= 0.6 is 11.6 Å². The van der Waals surface area contributed by atoms with E-state index < -0.39 is 0 Å². The van der Waals surface area contributed by atoms with Gasteiger partial charge in [-0.3, -0.25) is 0 Å². The highest BCUT2D eigenvalue weighted by Gasteiger charge is 2.11. The number of rotatable bonds is 4. The van der Waals surface area contributed by atoms with Gasteiger partial charge in [0, 0.05) is 11.6 Å². The zero-order chi connectivity index (χ0) is 16.2. The fourth-order valence-electron chi connectivity index (χ4n) is 2.06. The molecule has 1 aromatic heterocycles. The molecule has 4 N–H and O–H groups in total. The Balaban J connectivity index is 1.88. The standard InChI is InChI=1S/C16H14ClN5O/c17-11-6-7-13(23)12(8-11)14-20-15(18)22-16(21-14)19-9-10-4-2-1-3-5-10/h1-8,23H,9H2,(H3,18,19,20,21,22). The number of aromatic nitrogens is 3. The number of nitrogens with zero attached hydrogens (tertiary/aromatic N) is 3. The number of halogens is 1. The lowest BCUT2D eigenvalue weighted by Gasteiger charge is -2.08. The predicted octanol–water partition coefficient (Wildman–Crippen LogP) is 3.09. The second-order valence-corrected chi connectivity index (χ2v) is 5.28. The van der Waals surface area contributed by atoms with Gasteiger partial charge in [0.1, 0.15) is 5.75 Å². The first kappa shape index (κ1) is 15.1. The molecule has 116 valence electrons.